The molecule has 0 spiro atoms. The number of imidazole rings is 1. The van der Waals surface area contributed by atoms with Gasteiger partial charge < -0.3 is 16.8 Å². The molecular formula is C6H4N3S-. The molecule has 2 aromatic rings. The molecule has 0 aliphatic carbocycles. The van der Waals surface area contributed by atoms with Gasteiger partial charge in [0.1, 0.15) is 5.52 Å². The van der Waals surface area contributed by atoms with Crippen LogP contribution in [0.1, 0.15) is 0 Å². The molecule has 0 saturated carbocycles. The fourth-order valence-corrected chi connectivity index (χ4v) is 1.04. The molecule has 2 aromatic heterocycles. The van der Waals surface area contributed by atoms with Gasteiger partial charge in [-0.1, -0.05) is 0 Å². The largest absolute Gasteiger partial charge is 0.686 e. The Morgan fingerprint density at radius 1 is 1.50 bits per heavy atom. The lowest BCUT2D eigenvalue weighted by Crippen LogP contribution is -1.80. The van der Waals surface area contributed by atoms with Gasteiger partial charge in [-0.3, -0.25) is 4.98 Å². The minimum absolute atomic E-state index is 0.845. The van der Waals surface area contributed by atoms with Gasteiger partial charge >= 0.3 is 0 Å². The summed E-state index contributed by atoms with van der Waals surface area (Å²) in [4.78, 5) is 7.92. The summed E-state index contributed by atoms with van der Waals surface area (Å²) in [6.07, 6.45) is 4.99. The number of pyridine rings is 1. The first-order chi connectivity index (χ1) is 4.88. The lowest BCUT2D eigenvalue weighted by atomic mass is 10.4. The molecule has 0 aliphatic heterocycles. The van der Waals surface area contributed by atoms with E-state index in [1.54, 1.807) is 22.7 Å². The fourth-order valence-electron chi connectivity index (χ4n) is 0.841. The van der Waals surface area contributed by atoms with Crippen molar-refractivity contribution in [2.75, 3.05) is 0 Å². The van der Waals surface area contributed by atoms with Gasteiger partial charge in [0.05, 0.1) is 18.0 Å². The molecule has 10 heavy (non-hydrogen) atoms. The third-order valence-electron chi connectivity index (χ3n) is 1.32. The van der Waals surface area contributed by atoms with Crippen molar-refractivity contribution >= 4 is 23.8 Å². The molecular weight excluding hydrogens is 146 g/mol. The Morgan fingerprint density at radius 2 is 2.40 bits per heavy atom. The van der Waals surface area contributed by atoms with Crippen LogP contribution in [-0.2, 0) is 12.8 Å². The number of hydrogen-bond acceptors (Lipinski definition) is 3. The standard InChI is InChI=1S/C6H4N3S/c10-9-4-8-5-3-7-2-1-6(5)9/h1-4H/q-1. The average Bonchev–Trinajstić information content (AvgIpc) is 2.34. The van der Waals surface area contributed by atoms with Crippen molar-refractivity contribution in [3.05, 3.63) is 24.8 Å². The first kappa shape index (κ1) is 5.61. The van der Waals surface area contributed by atoms with Crippen LogP contribution in [0.5, 0.6) is 0 Å². The fraction of sp³-hybridized carbons (Fsp3) is 0. The molecule has 0 aromatic carbocycles. The van der Waals surface area contributed by atoms with E-state index in [-0.39, 0.29) is 0 Å². The van der Waals surface area contributed by atoms with Crippen LogP contribution < -0.4 is 0 Å². The molecule has 0 unspecified atom stereocenters. The van der Waals surface area contributed by atoms with Crippen LogP contribution >= 0.6 is 0 Å². The highest BCUT2D eigenvalue weighted by molar-refractivity contribution is 7.57. The van der Waals surface area contributed by atoms with Gasteiger partial charge in [-0.25, -0.2) is 4.98 Å². The van der Waals surface area contributed by atoms with E-state index in [1.807, 2.05) is 6.07 Å². The van der Waals surface area contributed by atoms with E-state index >= 15 is 0 Å². The zero-order valence-electron chi connectivity index (χ0n) is 5.06. The number of rotatable bonds is 0. The molecule has 0 fully saturated rings. The molecule has 0 bridgehead atoms. The Hall–Kier alpha value is -1.16. The molecule has 2 rings (SSSR count). The van der Waals surface area contributed by atoms with Gasteiger partial charge in [-0.15, -0.1) is 0 Å². The van der Waals surface area contributed by atoms with Crippen molar-refractivity contribution in [1.29, 1.82) is 0 Å². The Kier molecular flexibility index (Phi) is 1.07. The summed E-state index contributed by atoms with van der Waals surface area (Å²) in [5, 5.41) is 0. The van der Waals surface area contributed by atoms with E-state index in [0.29, 0.717) is 0 Å². The van der Waals surface area contributed by atoms with Crippen LogP contribution in [-0.4, -0.2) is 13.9 Å². The van der Waals surface area contributed by atoms with Crippen LogP contribution in [0, 0.1) is 0 Å². The van der Waals surface area contributed by atoms with E-state index < -0.39 is 0 Å². The van der Waals surface area contributed by atoms with Gasteiger partial charge in [0, 0.05) is 6.20 Å². The van der Waals surface area contributed by atoms with E-state index in [0.717, 1.165) is 11.0 Å². The Labute approximate surface area is 63.3 Å². The number of fused-ring (bicyclic) bond motifs is 1. The summed E-state index contributed by atoms with van der Waals surface area (Å²) >= 11 is 4.91. The summed E-state index contributed by atoms with van der Waals surface area (Å²) in [6.45, 7) is 0. The Bertz CT molecular complexity index is 355. The molecule has 0 atom stereocenters. The molecule has 4 heteroatoms. The topological polar surface area (TPSA) is 30.7 Å². The molecule has 0 radical (unpaired) electrons. The minimum atomic E-state index is 0.845. The van der Waals surface area contributed by atoms with Crippen LogP contribution in [0.4, 0.5) is 0 Å². The van der Waals surface area contributed by atoms with E-state index in [4.69, 9.17) is 12.8 Å². The summed E-state index contributed by atoms with van der Waals surface area (Å²) in [5.41, 5.74) is 1.78. The quantitative estimate of drug-likeness (QED) is 0.519. The van der Waals surface area contributed by atoms with Crippen molar-refractivity contribution in [3.8, 4) is 0 Å². The second-order valence-corrected chi connectivity index (χ2v) is 2.33. The van der Waals surface area contributed by atoms with E-state index in [9.17, 15) is 0 Å². The maximum Gasteiger partial charge on any atom is 0.105 e. The van der Waals surface area contributed by atoms with Crippen molar-refractivity contribution in [3.63, 3.8) is 0 Å². The smallest absolute Gasteiger partial charge is 0.105 e. The van der Waals surface area contributed by atoms with Crippen LogP contribution in [0.3, 0.4) is 0 Å². The normalized spacial score (nSPS) is 10.4. The average molecular weight is 150 g/mol. The maximum atomic E-state index is 4.91. The Morgan fingerprint density at radius 3 is 3.20 bits per heavy atom. The van der Waals surface area contributed by atoms with Crippen molar-refractivity contribution < 1.29 is 0 Å². The van der Waals surface area contributed by atoms with E-state index in [2.05, 4.69) is 9.97 Å². The first-order valence-corrected chi connectivity index (χ1v) is 3.19. The summed E-state index contributed by atoms with van der Waals surface area (Å²) in [7, 11) is 0. The van der Waals surface area contributed by atoms with Gasteiger partial charge in [-0.05, 0) is 6.07 Å². The second-order valence-electron chi connectivity index (χ2n) is 1.93. The van der Waals surface area contributed by atoms with Crippen LogP contribution in [0.25, 0.3) is 11.0 Å². The third-order valence-corrected chi connectivity index (χ3v) is 1.61. The number of nitrogens with zero attached hydrogens (tertiary/aromatic N) is 3. The highest BCUT2D eigenvalue weighted by Crippen LogP contribution is 2.07. The summed E-state index contributed by atoms with van der Waals surface area (Å²) in [6, 6.07) is 1.84. The second kappa shape index (κ2) is 1.91. The highest BCUT2D eigenvalue weighted by atomic mass is 32.1. The molecule has 0 N–H and O–H groups in total. The van der Waals surface area contributed by atoms with Gasteiger partial charge in [0.25, 0.3) is 0 Å². The summed E-state index contributed by atoms with van der Waals surface area (Å²) < 4.78 is 1.55. The molecule has 0 saturated heterocycles. The number of hydrogen-bond donors (Lipinski definition) is 0. The van der Waals surface area contributed by atoms with Crippen molar-refractivity contribution in [2.24, 2.45) is 0 Å². The van der Waals surface area contributed by atoms with Gasteiger partial charge in [-0.2, -0.15) is 0 Å². The Balaban J connectivity index is 2.93. The lowest BCUT2D eigenvalue weighted by molar-refractivity contribution is 1.28. The predicted octanol–water partition coefficient (Wildman–Crippen LogP) is 0.741. The number of aromatic nitrogens is 3. The SMILES string of the molecule is [S-]n1cnc2cnccc21. The monoisotopic (exact) mass is 150 g/mol. The molecule has 2 heterocycles. The third kappa shape index (κ3) is 0.657. The summed E-state index contributed by atoms with van der Waals surface area (Å²) in [5.74, 6) is 0. The van der Waals surface area contributed by atoms with E-state index in [1.165, 1.54) is 0 Å². The van der Waals surface area contributed by atoms with Gasteiger partial charge in [0.15, 0.2) is 0 Å². The van der Waals surface area contributed by atoms with Gasteiger partial charge in [0.2, 0.25) is 0 Å². The molecule has 3 nitrogen and oxygen atoms in total. The first-order valence-electron chi connectivity index (χ1n) is 2.82. The zero-order chi connectivity index (χ0) is 6.97. The zero-order valence-corrected chi connectivity index (χ0v) is 5.88. The molecule has 50 valence electrons. The van der Waals surface area contributed by atoms with Crippen LogP contribution in [0.15, 0.2) is 24.8 Å². The highest BCUT2D eigenvalue weighted by Gasteiger charge is 1.91. The lowest BCUT2D eigenvalue weighted by Gasteiger charge is -2.04. The predicted molar refractivity (Wildman–Crippen MR) is 40.3 cm³/mol. The van der Waals surface area contributed by atoms with Crippen molar-refractivity contribution in [2.45, 2.75) is 0 Å². The maximum absolute atomic E-state index is 4.91. The molecule has 0 aliphatic rings. The molecule has 0 amide bonds. The minimum Gasteiger partial charge on any atom is -0.686 e. The van der Waals surface area contributed by atoms with Crippen molar-refractivity contribution in [1.82, 2.24) is 13.9 Å². The van der Waals surface area contributed by atoms with Crippen LogP contribution in [0.2, 0.25) is 0 Å².